The highest BCUT2D eigenvalue weighted by Crippen LogP contribution is 2.28. The van der Waals surface area contributed by atoms with Crippen molar-refractivity contribution in [2.75, 3.05) is 32.7 Å². The quantitative estimate of drug-likeness (QED) is 0.0956. The maximum atomic E-state index is 15.4. The number of rotatable bonds is 19. The van der Waals surface area contributed by atoms with Crippen LogP contribution in [0, 0.1) is 23.7 Å². The second-order valence-corrected chi connectivity index (χ2v) is 25.8. The Hall–Kier alpha value is -8.38. The number of hydrogen-bond acceptors (Lipinski definition) is 13. The minimum Gasteiger partial charge on any atom is -0.378 e. The predicted molar refractivity (Wildman–Crippen MR) is 337 cm³/mol. The van der Waals surface area contributed by atoms with Gasteiger partial charge < -0.3 is 67.9 Å². The number of nitrogens with zero attached hydrogens (tertiary/aromatic N) is 4. The third-order valence-electron chi connectivity index (χ3n) is 18.3. The Morgan fingerprint density at radius 2 is 1.05 bits per heavy atom. The van der Waals surface area contributed by atoms with Crippen LogP contribution in [-0.4, -0.2) is 184 Å². The van der Waals surface area contributed by atoms with Crippen LogP contribution in [0.2, 0.25) is 0 Å². The first-order chi connectivity index (χ1) is 43.4. The van der Waals surface area contributed by atoms with E-state index in [-0.39, 0.29) is 77.0 Å². The molecule has 5 aliphatic rings. The lowest BCUT2D eigenvalue weighted by molar-refractivity contribution is -0.148. The third-order valence-corrected chi connectivity index (χ3v) is 18.3. The molecule has 2 aromatic rings. The van der Waals surface area contributed by atoms with Gasteiger partial charge in [-0.15, -0.1) is 0 Å². The van der Waals surface area contributed by atoms with Crippen molar-refractivity contribution in [3.63, 3.8) is 0 Å². The fourth-order valence-corrected chi connectivity index (χ4v) is 12.8. The third kappa shape index (κ3) is 18.0. The summed E-state index contributed by atoms with van der Waals surface area (Å²) in [6, 6.07) is 6.71. The largest absolute Gasteiger partial charge is 0.378 e. The predicted octanol–water partition coefficient (Wildman–Crippen LogP) is 1.19. The summed E-state index contributed by atoms with van der Waals surface area (Å²) < 4.78 is 0. The molecule has 12 amide bonds. The molecular formula is C66H95N13O12. The highest BCUT2D eigenvalue weighted by atomic mass is 16.2. The molecule has 12 atom stereocenters. The van der Waals surface area contributed by atoms with Gasteiger partial charge in [0.25, 0.3) is 5.91 Å². The Kier molecular flexibility index (Phi) is 25.1. The van der Waals surface area contributed by atoms with Crippen LogP contribution in [0.25, 0.3) is 0 Å². The van der Waals surface area contributed by atoms with Crippen molar-refractivity contribution in [2.45, 2.75) is 199 Å². The average molecular weight is 1260 g/mol. The van der Waals surface area contributed by atoms with E-state index in [0.717, 1.165) is 5.56 Å². The average Bonchev–Trinajstić information content (AvgIpc) is 1.84. The number of primary amides is 1. The maximum absolute atomic E-state index is 15.4. The summed E-state index contributed by atoms with van der Waals surface area (Å²) in [5.41, 5.74) is 6.31. The van der Waals surface area contributed by atoms with E-state index in [0.29, 0.717) is 44.1 Å². The van der Waals surface area contributed by atoms with E-state index in [1.54, 1.807) is 52.0 Å². The molecule has 10 N–H and O–H groups in total. The van der Waals surface area contributed by atoms with Gasteiger partial charge in [-0.3, -0.25) is 57.5 Å². The van der Waals surface area contributed by atoms with Crippen molar-refractivity contribution >= 4 is 70.9 Å². The molecular weight excluding hydrogens is 1170 g/mol. The van der Waals surface area contributed by atoms with E-state index >= 15 is 9.59 Å². The molecule has 5 aliphatic heterocycles. The molecule has 0 radical (unpaired) electrons. The molecule has 25 heteroatoms. The molecule has 0 spiro atoms. The van der Waals surface area contributed by atoms with Crippen LogP contribution >= 0.6 is 0 Å². The van der Waals surface area contributed by atoms with Crippen molar-refractivity contribution in [2.24, 2.45) is 29.4 Å². The zero-order valence-electron chi connectivity index (χ0n) is 53.9. The summed E-state index contributed by atoms with van der Waals surface area (Å²) in [6.07, 6.45) is 4.89. The summed E-state index contributed by atoms with van der Waals surface area (Å²) >= 11 is 0. The van der Waals surface area contributed by atoms with Crippen LogP contribution in [-0.2, 0) is 70.4 Å². The first-order valence-electron chi connectivity index (χ1n) is 32.6. The number of carbonyl (C=O) groups is 12. The first-order valence-corrected chi connectivity index (χ1v) is 32.6. The van der Waals surface area contributed by atoms with Gasteiger partial charge in [0.05, 0.1) is 6.54 Å². The van der Waals surface area contributed by atoms with Crippen LogP contribution in [0.15, 0.2) is 72.6 Å². The highest BCUT2D eigenvalue weighted by Gasteiger charge is 2.47. The Morgan fingerprint density at radius 3 is 1.60 bits per heavy atom. The lowest BCUT2D eigenvalue weighted by atomic mass is 9.94. The summed E-state index contributed by atoms with van der Waals surface area (Å²) in [6.45, 7) is 14.4. The van der Waals surface area contributed by atoms with E-state index in [9.17, 15) is 47.9 Å². The van der Waals surface area contributed by atoms with Gasteiger partial charge in [0.15, 0.2) is 0 Å². The minimum absolute atomic E-state index is 0.0147. The van der Waals surface area contributed by atoms with Gasteiger partial charge in [0.2, 0.25) is 65.0 Å². The topological polar surface area (TPSA) is 340 Å². The van der Waals surface area contributed by atoms with Gasteiger partial charge in [-0.1, -0.05) is 129 Å². The zero-order chi connectivity index (χ0) is 66.2. The Balaban J connectivity index is 1.27. The molecule has 4 saturated heterocycles. The van der Waals surface area contributed by atoms with Crippen LogP contribution in [0.1, 0.15) is 137 Å². The van der Waals surface area contributed by atoms with E-state index < -0.39 is 161 Å². The van der Waals surface area contributed by atoms with Crippen LogP contribution < -0.4 is 48.3 Å². The summed E-state index contributed by atoms with van der Waals surface area (Å²) in [7, 11) is 0. The Bertz CT molecular complexity index is 3000. The molecule has 0 bridgehead atoms. The Morgan fingerprint density at radius 1 is 0.560 bits per heavy atom. The van der Waals surface area contributed by atoms with Crippen LogP contribution in [0.5, 0.6) is 0 Å². The minimum atomic E-state index is -1.33. The molecule has 0 saturated carbocycles. The van der Waals surface area contributed by atoms with E-state index in [2.05, 4.69) is 42.5 Å². The number of benzene rings is 2. The number of nitrogens with two attached hydrogens (primary N) is 1. The van der Waals surface area contributed by atoms with Gasteiger partial charge in [-0.2, -0.15) is 0 Å². The molecule has 0 aliphatic carbocycles. The lowest BCUT2D eigenvalue weighted by Crippen LogP contribution is -2.60. The normalized spacial score (nSPS) is 25.9. The van der Waals surface area contributed by atoms with Crippen molar-refractivity contribution in [1.29, 1.82) is 0 Å². The second kappa shape index (κ2) is 32.6. The van der Waals surface area contributed by atoms with E-state index in [1.807, 2.05) is 64.1 Å². The molecule has 5 heterocycles. The van der Waals surface area contributed by atoms with Crippen LogP contribution in [0.3, 0.4) is 0 Å². The summed E-state index contributed by atoms with van der Waals surface area (Å²) in [5, 5.41) is 22.7. The van der Waals surface area contributed by atoms with Gasteiger partial charge >= 0.3 is 0 Å². The first kappa shape index (κ1) is 70.1. The van der Waals surface area contributed by atoms with Gasteiger partial charge in [0, 0.05) is 45.2 Å². The van der Waals surface area contributed by atoms with Gasteiger partial charge in [0.1, 0.15) is 66.1 Å². The molecule has 4 fully saturated rings. The summed E-state index contributed by atoms with van der Waals surface area (Å²) in [4.78, 5) is 179. The number of hydrogen-bond donors (Lipinski definition) is 9. The molecule has 2 unspecified atom stereocenters. The molecule has 0 aromatic heterocycles. The molecule has 25 nitrogen and oxygen atoms in total. The van der Waals surface area contributed by atoms with Crippen molar-refractivity contribution < 1.29 is 57.5 Å². The monoisotopic (exact) mass is 1260 g/mol. The number of carbonyl (C=O) groups excluding carboxylic acids is 12. The Labute approximate surface area is 533 Å². The zero-order valence-corrected chi connectivity index (χ0v) is 53.9. The SMILES string of the molecule is CCC(C)[C@H](NC(=O)[C@@H](NC(=O)[C@@H]1CCCN1C(=O)/C1=C/N[C@@H](Cc2ccccc2)C(=O)N2CCC[C@H]2C(=O)N[C@@H](CC(C)C)C(=O)N[C@@H](Cc2ccccc2)C(=O)N2CCC[C@H]2C(=O)N2CCC[C@H]2C(=O)N[C@@H](C(C)C)C(=O)N1)C(C)CC)C(=O)NCC(N)=O. The van der Waals surface area contributed by atoms with E-state index in [1.165, 1.54) is 25.8 Å². The molecule has 7 rings (SSSR count). The standard InChI is InChI=1S/C66H95N13O12/c1-9-40(7)54(60(85)69-37-52(67)80)75-62(87)55(41(8)10-2)74-59(84)49-26-18-30-77(49)65(90)47-36-68-45(34-42-21-13-11-14-22-42)63(88)76-29-17-25-48(76)57(82)70-44(33-38(3)4)56(81)71-46(35-43-23-15-12-16-24-43)64(89)79-32-20-28-51(79)66(91)78-31-19-27-50(78)58(83)73-53(39(5)6)61(86)72-47/h11-16,21-24,36,38-41,44-46,48-51,53-55,68H,9-10,17-20,25-35,37H2,1-8H3,(H2,67,80)(H,69,85)(H,70,82)(H,71,81)(H,72,86)(H,73,83)(H,74,84)(H,75,87)/b47-36-/t40?,41?,44-,45-,46-,48-,49-,50-,51-,53-,54-,55-/m0/s1. The number of nitrogens with one attached hydrogen (secondary N) is 8. The van der Waals surface area contributed by atoms with Crippen molar-refractivity contribution in [3.8, 4) is 0 Å². The second-order valence-electron chi connectivity index (χ2n) is 25.8. The maximum Gasteiger partial charge on any atom is 0.272 e. The molecule has 91 heavy (non-hydrogen) atoms. The number of likely N-dealkylation sites (tertiary alicyclic amines) is 1. The van der Waals surface area contributed by atoms with Crippen molar-refractivity contribution in [1.82, 2.24) is 62.1 Å². The van der Waals surface area contributed by atoms with Crippen LogP contribution in [0.4, 0.5) is 0 Å². The fourth-order valence-electron chi connectivity index (χ4n) is 12.8. The number of fused-ring (bicyclic) bond motifs is 3. The molecule has 2 aromatic carbocycles. The fraction of sp³-hybridized carbons (Fsp3) is 0.606. The smallest absolute Gasteiger partial charge is 0.272 e. The number of amides is 12. The van der Waals surface area contributed by atoms with Gasteiger partial charge in [-0.05, 0) is 92.6 Å². The van der Waals surface area contributed by atoms with Crippen molar-refractivity contribution in [3.05, 3.63) is 83.7 Å². The molecule has 496 valence electrons. The summed E-state index contributed by atoms with van der Waals surface area (Å²) in [5.74, 6) is -9.46. The van der Waals surface area contributed by atoms with E-state index in [4.69, 9.17) is 5.73 Å². The lowest BCUT2D eigenvalue weighted by Gasteiger charge is -2.34. The van der Waals surface area contributed by atoms with Gasteiger partial charge in [-0.25, -0.2) is 0 Å². The highest BCUT2D eigenvalue weighted by molar-refractivity contribution is 6.03.